The maximum absolute atomic E-state index is 13.2. The Morgan fingerprint density at radius 2 is 1.86 bits per heavy atom. The van der Waals surface area contributed by atoms with E-state index in [9.17, 15) is 9.59 Å². The van der Waals surface area contributed by atoms with E-state index in [0.29, 0.717) is 24.4 Å². The Morgan fingerprint density at radius 1 is 1.14 bits per heavy atom. The third-order valence-corrected chi connectivity index (χ3v) is 5.40. The molecule has 6 heteroatoms. The van der Waals surface area contributed by atoms with Crippen molar-refractivity contribution in [2.45, 2.75) is 45.8 Å². The molecule has 0 unspecified atom stereocenters. The minimum atomic E-state index is -0.512. The van der Waals surface area contributed by atoms with Gasteiger partial charge in [0, 0.05) is 12.1 Å². The van der Waals surface area contributed by atoms with Gasteiger partial charge in [-0.15, -0.1) is 0 Å². The van der Waals surface area contributed by atoms with Crippen molar-refractivity contribution in [3.63, 3.8) is 0 Å². The average molecular weight is 390 g/mol. The summed E-state index contributed by atoms with van der Waals surface area (Å²) < 4.78 is 0. The molecule has 0 fully saturated rings. The summed E-state index contributed by atoms with van der Waals surface area (Å²) in [6.07, 6.45) is 0.610. The summed E-state index contributed by atoms with van der Waals surface area (Å²) in [7, 11) is 0. The molecule has 0 radical (unpaired) electrons. The lowest BCUT2D eigenvalue weighted by Crippen LogP contribution is -2.48. The maximum atomic E-state index is 13.2. The van der Waals surface area contributed by atoms with Gasteiger partial charge in [0.15, 0.2) is 0 Å². The molecular formula is C23H26N4O2. The first-order chi connectivity index (χ1) is 13.9. The van der Waals surface area contributed by atoms with E-state index in [-0.39, 0.29) is 23.8 Å². The number of nitrogens with one attached hydrogen (secondary N) is 2. The molecule has 0 bridgehead atoms. The highest BCUT2D eigenvalue weighted by molar-refractivity contribution is 6.01. The van der Waals surface area contributed by atoms with Crippen LogP contribution in [0.2, 0.25) is 0 Å². The van der Waals surface area contributed by atoms with E-state index in [1.807, 2.05) is 55.5 Å². The molecule has 6 nitrogen and oxygen atoms in total. The van der Waals surface area contributed by atoms with Gasteiger partial charge in [-0.2, -0.15) is 0 Å². The van der Waals surface area contributed by atoms with Crippen LogP contribution in [0.4, 0.5) is 0 Å². The molecule has 1 aliphatic rings. The van der Waals surface area contributed by atoms with Crippen LogP contribution >= 0.6 is 0 Å². The van der Waals surface area contributed by atoms with E-state index in [1.165, 1.54) is 0 Å². The lowest BCUT2D eigenvalue weighted by atomic mass is 10.0. The molecule has 29 heavy (non-hydrogen) atoms. The van der Waals surface area contributed by atoms with Crippen LogP contribution in [0.1, 0.15) is 55.0 Å². The van der Waals surface area contributed by atoms with Crippen LogP contribution in [0, 0.1) is 5.92 Å². The third kappa shape index (κ3) is 3.75. The van der Waals surface area contributed by atoms with Crippen LogP contribution in [0.3, 0.4) is 0 Å². The smallest absolute Gasteiger partial charge is 0.255 e. The molecule has 0 saturated heterocycles. The Morgan fingerprint density at radius 3 is 2.59 bits per heavy atom. The molecule has 2 atom stereocenters. The minimum Gasteiger partial charge on any atom is -0.345 e. The summed E-state index contributed by atoms with van der Waals surface area (Å²) in [4.78, 5) is 35.7. The quantitative estimate of drug-likeness (QED) is 0.672. The number of aromatic amines is 1. The largest absolute Gasteiger partial charge is 0.345 e. The van der Waals surface area contributed by atoms with Gasteiger partial charge in [-0.3, -0.25) is 9.59 Å². The van der Waals surface area contributed by atoms with E-state index in [4.69, 9.17) is 0 Å². The van der Waals surface area contributed by atoms with Crippen LogP contribution < -0.4 is 5.32 Å². The zero-order valence-corrected chi connectivity index (χ0v) is 17.0. The number of para-hydroxylation sites is 2. The molecule has 1 aliphatic heterocycles. The lowest BCUT2D eigenvalue weighted by Gasteiger charge is -2.29. The van der Waals surface area contributed by atoms with Gasteiger partial charge < -0.3 is 15.2 Å². The normalized spacial score (nSPS) is 15.6. The zero-order valence-electron chi connectivity index (χ0n) is 17.0. The van der Waals surface area contributed by atoms with Crippen LogP contribution in [0.25, 0.3) is 11.0 Å². The average Bonchev–Trinajstić information content (AvgIpc) is 3.28. The summed E-state index contributed by atoms with van der Waals surface area (Å²) in [5.41, 5.74) is 3.48. The number of carbonyl (C=O) groups excluding carboxylic acids is 2. The van der Waals surface area contributed by atoms with Gasteiger partial charge >= 0.3 is 0 Å². The second-order valence-corrected chi connectivity index (χ2v) is 8.11. The summed E-state index contributed by atoms with van der Waals surface area (Å²) in [6.45, 7) is 6.51. The van der Waals surface area contributed by atoms with Gasteiger partial charge in [0.25, 0.3) is 5.91 Å². The van der Waals surface area contributed by atoms with Gasteiger partial charge in [-0.25, -0.2) is 4.98 Å². The number of nitrogens with zero attached hydrogens (tertiary/aromatic N) is 2. The molecule has 0 saturated carbocycles. The fourth-order valence-corrected chi connectivity index (χ4v) is 3.91. The Bertz CT molecular complexity index is 1020. The van der Waals surface area contributed by atoms with E-state index < -0.39 is 6.04 Å². The van der Waals surface area contributed by atoms with Crippen molar-refractivity contribution in [1.82, 2.24) is 20.2 Å². The lowest BCUT2D eigenvalue weighted by molar-refractivity contribution is -0.127. The maximum Gasteiger partial charge on any atom is 0.255 e. The second kappa shape index (κ2) is 7.70. The van der Waals surface area contributed by atoms with Crippen LogP contribution in [0.5, 0.6) is 0 Å². The van der Waals surface area contributed by atoms with Gasteiger partial charge in [-0.05, 0) is 43.0 Å². The minimum absolute atomic E-state index is 0.0715. The van der Waals surface area contributed by atoms with Crippen molar-refractivity contribution in [3.8, 4) is 0 Å². The molecule has 2 heterocycles. The number of H-pyrrole nitrogens is 1. The molecule has 2 N–H and O–H groups in total. The highest BCUT2D eigenvalue weighted by Crippen LogP contribution is 2.27. The van der Waals surface area contributed by atoms with Crippen molar-refractivity contribution < 1.29 is 9.59 Å². The number of hydrogen-bond acceptors (Lipinski definition) is 3. The molecule has 4 rings (SSSR count). The van der Waals surface area contributed by atoms with E-state index in [2.05, 4.69) is 29.1 Å². The predicted molar refractivity (Wildman–Crippen MR) is 112 cm³/mol. The number of imidazole rings is 1. The van der Waals surface area contributed by atoms with E-state index >= 15 is 0 Å². The summed E-state index contributed by atoms with van der Waals surface area (Å²) >= 11 is 0. The summed E-state index contributed by atoms with van der Waals surface area (Å²) in [5.74, 6) is 0.772. The molecule has 3 aromatic rings. The molecular weight excluding hydrogens is 364 g/mol. The molecule has 0 spiro atoms. The number of benzene rings is 2. The Hall–Kier alpha value is -3.15. The highest BCUT2D eigenvalue weighted by atomic mass is 16.2. The first-order valence-corrected chi connectivity index (χ1v) is 10.1. The van der Waals surface area contributed by atoms with Gasteiger partial charge in [0.2, 0.25) is 5.91 Å². The monoisotopic (exact) mass is 390 g/mol. The fourth-order valence-electron chi connectivity index (χ4n) is 3.91. The first kappa shape index (κ1) is 19.2. The van der Waals surface area contributed by atoms with Crippen LogP contribution in [-0.4, -0.2) is 32.7 Å². The molecule has 2 amide bonds. The van der Waals surface area contributed by atoms with Crippen molar-refractivity contribution in [2.75, 3.05) is 0 Å². The van der Waals surface area contributed by atoms with Crippen molar-refractivity contribution in [2.24, 2.45) is 5.92 Å². The third-order valence-electron chi connectivity index (χ3n) is 5.40. The van der Waals surface area contributed by atoms with Crippen LogP contribution in [0.15, 0.2) is 48.5 Å². The van der Waals surface area contributed by atoms with Gasteiger partial charge in [0.05, 0.1) is 17.1 Å². The standard InChI is InChI=1S/C23H26N4O2/c1-14(2)12-20(27-13-16-8-4-5-9-17(16)23(27)29)22(28)24-15(3)21-25-18-10-6-7-11-19(18)26-21/h4-11,14-15,20H,12-13H2,1-3H3,(H,24,28)(H,25,26)/t15-,20-/m0/s1. The highest BCUT2D eigenvalue weighted by Gasteiger charge is 2.37. The summed E-state index contributed by atoms with van der Waals surface area (Å²) in [5, 5.41) is 3.06. The Balaban J connectivity index is 1.54. The molecule has 0 aliphatic carbocycles. The van der Waals surface area contributed by atoms with Crippen molar-refractivity contribution in [1.29, 1.82) is 0 Å². The van der Waals surface area contributed by atoms with E-state index in [1.54, 1.807) is 4.90 Å². The zero-order chi connectivity index (χ0) is 20.5. The number of rotatable bonds is 6. The number of carbonyl (C=O) groups is 2. The van der Waals surface area contributed by atoms with Crippen molar-refractivity contribution in [3.05, 3.63) is 65.5 Å². The second-order valence-electron chi connectivity index (χ2n) is 8.11. The number of amides is 2. The predicted octanol–water partition coefficient (Wildman–Crippen LogP) is 3.81. The number of fused-ring (bicyclic) bond motifs is 2. The Kier molecular flexibility index (Phi) is 5.09. The van der Waals surface area contributed by atoms with Gasteiger partial charge in [0.1, 0.15) is 11.9 Å². The SMILES string of the molecule is CC(C)C[C@@H](C(=O)N[C@@H](C)c1nc2ccccc2[nH]1)N1Cc2ccccc2C1=O. The molecule has 150 valence electrons. The van der Waals surface area contributed by atoms with Gasteiger partial charge in [-0.1, -0.05) is 44.2 Å². The van der Waals surface area contributed by atoms with E-state index in [0.717, 1.165) is 16.6 Å². The Labute approximate surface area is 170 Å². The first-order valence-electron chi connectivity index (χ1n) is 10.1. The number of hydrogen-bond donors (Lipinski definition) is 2. The fraction of sp³-hybridized carbons (Fsp3) is 0.348. The summed E-state index contributed by atoms with van der Waals surface area (Å²) in [6, 6.07) is 14.6. The molecule has 2 aromatic carbocycles. The molecule has 1 aromatic heterocycles. The van der Waals surface area contributed by atoms with Crippen molar-refractivity contribution >= 4 is 22.8 Å². The number of aromatic nitrogens is 2. The van der Waals surface area contributed by atoms with Crippen LogP contribution in [-0.2, 0) is 11.3 Å². The topological polar surface area (TPSA) is 78.1 Å².